The molecule has 104 valence electrons. The summed E-state index contributed by atoms with van der Waals surface area (Å²) in [6, 6.07) is 1.98. The van der Waals surface area contributed by atoms with Gasteiger partial charge in [-0.05, 0) is 12.1 Å². The fourth-order valence-electron chi connectivity index (χ4n) is 1.99. The third-order valence-electron chi connectivity index (χ3n) is 3.14. The van der Waals surface area contributed by atoms with E-state index in [1.807, 2.05) is 0 Å². The Bertz CT molecular complexity index is 484. The van der Waals surface area contributed by atoms with Crippen molar-refractivity contribution in [2.45, 2.75) is 12.1 Å². The van der Waals surface area contributed by atoms with E-state index in [2.05, 4.69) is 10.6 Å². The zero-order valence-corrected chi connectivity index (χ0v) is 10.4. The third kappa shape index (κ3) is 2.99. The minimum atomic E-state index is -0.841. The second-order valence-corrected chi connectivity index (χ2v) is 4.46. The van der Waals surface area contributed by atoms with Gasteiger partial charge in [0.2, 0.25) is 0 Å². The summed E-state index contributed by atoms with van der Waals surface area (Å²) in [6.45, 7) is 0.879. The van der Waals surface area contributed by atoms with Crippen molar-refractivity contribution in [2.24, 2.45) is 0 Å². The molecule has 19 heavy (non-hydrogen) atoms. The number of halogens is 2. The molecule has 0 saturated carbocycles. The van der Waals surface area contributed by atoms with Gasteiger partial charge in [0.05, 0.1) is 17.8 Å². The van der Waals surface area contributed by atoms with Crippen molar-refractivity contribution in [1.29, 1.82) is 0 Å². The lowest BCUT2D eigenvalue weighted by Gasteiger charge is -2.26. The van der Waals surface area contributed by atoms with Crippen LogP contribution in [-0.2, 0) is 0 Å². The first-order chi connectivity index (χ1) is 8.99. The van der Waals surface area contributed by atoms with E-state index in [-0.39, 0.29) is 11.7 Å². The molecular weight excluding hydrogens is 256 g/mol. The highest BCUT2D eigenvalue weighted by Crippen LogP contribution is 2.16. The maximum Gasteiger partial charge on any atom is 0.322 e. The average molecular weight is 271 g/mol. The monoisotopic (exact) mass is 271 g/mol. The molecule has 5 nitrogen and oxygen atoms in total. The van der Waals surface area contributed by atoms with E-state index in [0.29, 0.717) is 19.2 Å². The maximum atomic E-state index is 13.4. The lowest BCUT2D eigenvalue weighted by Crippen LogP contribution is -2.46. The maximum absolute atomic E-state index is 13.4. The number of β-amino-alcohol motifs (C(OH)–C–C–N with tert-alkyl or cyclic N) is 1. The number of hydrogen-bond acceptors (Lipinski definition) is 3. The van der Waals surface area contributed by atoms with Crippen LogP contribution in [-0.4, -0.2) is 48.3 Å². The van der Waals surface area contributed by atoms with E-state index in [0.717, 1.165) is 12.1 Å². The molecule has 0 unspecified atom stereocenters. The van der Waals surface area contributed by atoms with Crippen LogP contribution in [0.4, 0.5) is 19.3 Å². The molecule has 1 aromatic carbocycles. The Morgan fingerprint density at radius 3 is 2.79 bits per heavy atom. The number of aliphatic hydroxyl groups excluding tert-OH is 1. The van der Waals surface area contributed by atoms with Gasteiger partial charge in [-0.1, -0.05) is 0 Å². The molecule has 3 N–H and O–H groups in total. The zero-order valence-electron chi connectivity index (χ0n) is 10.4. The van der Waals surface area contributed by atoms with Crippen LogP contribution in [0.3, 0.4) is 0 Å². The summed E-state index contributed by atoms with van der Waals surface area (Å²) in [5.41, 5.74) is -0.0984. The number of anilines is 1. The molecule has 1 fully saturated rings. The predicted octanol–water partition coefficient (Wildman–Crippen LogP) is 0.761. The average Bonchev–Trinajstić information content (AvgIpc) is 2.78. The normalized spacial score (nSPS) is 22.3. The van der Waals surface area contributed by atoms with E-state index in [1.54, 1.807) is 0 Å². The van der Waals surface area contributed by atoms with Gasteiger partial charge in [0.1, 0.15) is 11.6 Å². The molecule has 0 bridgehead atoms. The van der Waals surface area contributed by atoms with Crippen molar-refractivity contribution in [3.8, 4) is 0 Å². The van der Waals surface area contributed by atoms with Gasteiger partial charge in [0.25, 0.3) is 0 Å². The number of amides is 2. The van der Waals surface area contributed by atoms with E-state index >= 15 is 0 Å². The highest BCUT2D eigenvalue weighted by atomic mass is 19.1. The minimum absolute atomic E-state index is 0.0984. The van der Waals surface area contributed by atoms with Crippen molar-refractivity contribution in [1.82, 2.24) is 10.2 Å². The number of carbonyl (C=O) groups excluding carboxylic acids is 1. The molecule has 1 aliphatic rings. The molecule has 2 amide bonds. The fraction of sp³-hybridized carbons (Fsp3) is 0.417. The summed E-state index contributed by atoms with van der Waals surface area (Å²) < 4.78 is 26.1. The first kappa shape index (κ1) is 13.7. The fourth-order valence-corrected chi connectivity index (χ4v) is 1.99. The smallest absolute Gasteiger partial charge is 0.322 e. The quantitative estimate of drug-likeness (QED) is 0.744. The van der Waals surface area contributed by atoms with E-state index in [9.17, 15) is 18.7 Å². The summed E-state index contributed by atoms with van der Waals surface area (Å²) in [4.78, 5) is 13.2. The second kappa shape index (κ2) is 5.50. The summed E-state index contributed by atoms with van der Waals surface area (Å²) in [5.74, 6) is -1.55. The lowest BCUT2D eigenvalue weighted by atomic mass is 10.2. The summed E-state index contributed by atoms with van der Waals surface area (Å²) >= 11 is 0. The van der Waals surface area contributed by atoms with Crippen molar-refractivity contribution in [3.63, 3.8) is 0 Å². The zero-order chi connectivity index (χ0) is 14.0. The third-order valence-corrected chi connectivity index (χ3v) is 3.14. The van der Waals surface area contributed by atoms with Crippen molar-refractivity contribution < 1.29 is 18.7 Å². The van der Waals surface area contributed by atoms with Gasteiger partial charge in [0.15, 0.2) is 0 Å². The van der Waals surface area contributed by atoms with Crippen molar-refractivity contribution in [2.75, 3.05) is 25.5 Å². The van der Waals surface area contributed by atoms with Crippen molar-refractivity contribution in [3.05, 3.63) is 29.8 Å². The molecule has 0 spiro atoms. The molecule has 1 aromatic rings. The Hall–Kier alpha value is -1.73. The van der Waals surface area contributed by atoms with Crippen LogP contribution in [0.5, 0.6) is 0 Å². The van der Waals surface area contributed by atoms with Crippen LogP contribution >= 0.6 is 0 Å². The Morgan fingerprint density at radius 1 is 1.47 bits per heavy atom. The molecule has 1 heterocycles. The Morgan fingerprint density at radius 2 is 2.21 bits per heavy atom. The van der Waals surface area contributed by atoms with E-state index in [1.165, 1.54) is 11.9 Å². The van der Waals surface area contributed by atoms with Gasteiger partial charge < -0.3 is 20.6 Å². The first-order valence-corrected chi connectivity index (χ1v) is 5.86. The van der Waals surface area contributed by atoms with Gasteiger partial charge in [-0.3, -0.25) is 0 Å². The number of aliphatic hydroxyl groups is 1. The van der Waals surface area contributed by atoms with Gasteiger partial charge >= 0.3 is 6.03 Å². The molecule has 1 aliphatic heterocycles. The Labute approximate surface area is 109 Å². The number of rotatable bonds is 2. The second-order valence-electron chi connectivity index (χ2n) is 4.46. The van der Waals surface area contributed by atoms with Crippen LogP contribution in [0.1, 0.15) is 0 Å². The highest BCUT2D eigenvalue weighted by Gasteiger charge is 2.31. The van der Waals surface area contributed by atoms with Crippen LogP contribution in [0.2, 0.25) is 0 Å². The number of nitrogens with zero attached hydrogens (tertiary/aromatic N) is 1. The minimum Gasteiger partial charge on any atom is -0.390 e. The molecule has 0 aromatic heterocycles. The van der Waals surface area contributed by atoms with Gasteiger partial charge in [-0.15, -0.1) is 0 Å². The van der Waals surface area contributed by atoms with E-state index < -0.39 is 23.8 Å². The number of benzene rings is 1. The van der Waals surface area contributed by atoms with E-state index in [4.69, 9.17) is 0 Å². The lowest BCUT2D eigenvalue weighted by molar-refractivity contribution is 0.115. The number of urea groups is 1. The molecule has 7 heteroatoms. The van der Waals surface area contributed by atoms with Crippen LogP contribution in [0.15, 0.2) is 18.2 Å². The van der Waals surface area contributed by atoms with Gasteiger partial charge in [-0.2, -0.15) is 0 Å². The van der Waals surface area contributed by atoms with Crippen molar-refractivity contribution >= 4 is 11.7 Å². The molecule has 0 aliphatic carbocycles. The SMILES string of the molecule is CN(C(=O)Nc1ccc(F)cc1F)[C@H]1CNC[C@@H]1O. The summed E-state index contributed by atoms with van der Waals surface area (Å²) in [7, 11) is 1.51. The van der Waals surface area contributed by atoms with Crippen LogP contribution < -0.4 is 10.6 Å². The number of nitrogens with one attached hydrogen (secondary N) is 2. The van der Waals surface area contributed by atoms with Crippen LogP contribution in [0, 0.1) is 11.6 Å². The summed E-state index contributed by atoms with van der Waals surface area (Å²) in [6.07, 6.45) is -0.659. The van der Waals surface area contributed by atoms with Crippen LogP contribution in [0.25, 0.3) is 0 Å². The molecular formula is C12H15F2N3O2. The topological polar surface area (TPSA) is 64.6 Å². The largest absolute Gasteiger partial charge is 0.390 e. The molecule has 0 radical (unpaired) electrons. The molecule has 2 rings (SSSR count). The number of likely N-dealkylation sites (N-methyl/N-ethyl adjacent to an activating group) is 1. The predicted molar refractivity (Wildman–Crippen MR) is 65.8 cm³/mol. The standard InChI is InChI=1S/C12H15F2N3O2/c1-17(10-5-15-6-11(10)18)12(19)16-9-3-2-7(13)4-8(9)14/h2-4,10-11,15,18H,5-6H2,1H3,(H,16,19)/t10-,11-/m0/s1. The first-order valence-electron chi connectivity index (χ1n) is 5.86. The summed E-state index contributed by atoms with van der Waals surface area (Å²) in [5, 5.41) is 14.9. The highest BCUT2D eigenvalue weighted by molar-refractivity contribution is 5.89. The number of carbonyl (C=O) groups is 1. The van der Waals surface area contributed by atoms with Gasteiger partial charge in [0, 0.05) is 26.2 Å². The Balaban J connectivity index is 2.04. The number of hydrogen-bond donors (Lipinski definition) is 3. The molecule has 2 atom stereocenters. The van der Waals surface area contributed by atoms with Gasteiger partial charge in [-0.25, -0.2) is 13.6 Å². The Kier molecular flexibility index (Phi) is 3.96. The molecule has 1 saturated heterocycles.